The lowest BCUT2D eigenvalue weighted by Crippen LogP contribution is -2.24. The summed E-state index contributed by atoms with van der Waals surface area (Å²) in [5.41, 5.74) is 5.24. The lowest BCUT2D eigenvalue weighted by atomic mass is 10.0. The maximum atomic E-state index is 5.76. The van der Waals surface area contributed by atoms with E-state index in [9.17, 15) is 0 Å². The Morgan fingerprint density at radius 2 is 1.76 bits per heavy atom. The van der Waals surface area contributed by atoms with Crippen molar-refractivity contribution in [3.8, 4) is 5.75 Å². The van der Waals surface area contributed by atoms with Crippen molar-refractivity contribution in [3.05, 3.63) is 64.7 Å². The number of nitrogens with one attached hydrogen (secondary N) is 1. The van der Waals surface area contributed by atoms with Crippen molar-refractivity contribution in [1.29, 1.82) is 0 Å². The van der Waals surface area contributed by atoms with Crippen molar-refractivity contribution in [2.75, 3.05) is 13.2 Å². The summed E-state index contributed by atoms with van der Waals surface area (Å²) in [7, 11) is 0. The van der Waals surface area contributed by atoms with Crippen LogP contribution in [0.4, 0.5) is 0 Å². The second kappa shape index (κ2) is 7.28. The zero-order valence-electron chi connectivity index (χ0n) is 13.4. The van der Waals surface area contributed by atoms with Crippen LogP contribution in [0.5, 0.6) is 5.75 Å². The molecule has 0 saturated carbocycles. The number of benzene rings is 2. The second-order valence-corrected chi connectivity index (χ2v) is 5.70. The SMILES string of the molecule is Cc1cccc(OCCNC(C)c2ccc(C)cc2C)c1. The van der Waals surface area contributed by atoms with Gasteiger partial charge in [-0.05, 0) is 56.5 Å². The van der Waals surface area contributed by atoms with Crippen LogP contribution in [0.3, 0.4) is 0 Å². The molecular weight excluding hydrogens is 258 g/mol. The molecule has 2 aromatic carbocycles. The van der Waals surface area contributed by atoms with Gasteiger partial charge in [-0.3, -0.25) is 0 Å². The van der Waals surface area contributed by atoms with Crippen LogP contribution in [0, 0.1) is 20.8 Å². The first-order valence-corrected chi connectivity index (χ1v) is 7.56. The van der Waals surface area contributed by atoms with Gasteiger partial charge in [0.05, 0.1) is 0 Å². The summed E-state index contributed by atoms with van der Waals surface area (Å²) in [6.45, 7) is 10.1. The lowest BCUT2D eigenvalue weighted by Gasteiger charge is -2.17. The van der Waals surface area contributed by atoms with Gasteiger partial charge >= 0.3 is 0 Å². The molecule has 1 N–H and O–H groups in total. The van der Waals surface area contributed by atoms with Crippen LogP contribution < -0.4 is 10.1 Å². The quantitative estimate of drug-likeness (QED) is 0.796. The van der Waals surface area contributed by atoms with Gasteiger partial charge in [-0.15, -0.1) is 0 Å². The highest BCUT2D eigenvalue weighted by molar-refractivity contribution is 5.32. The number of ether oxygens (including phenoxy) is 1. The van der Waals surface area contributed by atoms with Crippen LogP contribution in [0.15, 0.2) is 42.5 Å². The van der Waals surface area contributed by atoms with E-state index in [1.807, 2.05) is 12.1 Å². The lowest BCUT2D eigenvalue weighted by molar-refractivity contribution is 0.307. The molecule has 0 aliphatic rings. The molecule has 1 unspecified atom stereocenters. The van der Waals surface area contributed by atoms with Gasteiger partial charge in [0.1, 0.15) is 12.4 Å². The standard InChI is InChI=1S/C19H25NO/c1-14-6-5-7-18(13-14)21-11-10-20-17(4)19-9-8-15(2)12-16(19)3/h5-9,12-13,17,20H,10-11H2,1-4H3. The van der Waals surface area contributed by atoms with Gasteiger partial charge in [-0.2, -0.15) is 0 Å². The first kappa shape index (κ1) is 15.6. The van der Waals surface area contributed by atoms with Crippen LogP contribution in [0.1, 0.15) is 35.2 Å². The van der Waals surface area contributed by atoms with E-state index in [1.165, 1.54) is 22.3 Å². The van der Waals surface area contributed by atoms with E-state index in [0.29, 0.717) is 12.6 Å². The minimum atomic E-state index is 0.340. The predicted octanol–water partition coefficient (Wildman–Crippen LogP) is 4.34. The van der Waals surface area contributed by atoms with Gasteiger partial charge in [0, 0.05) is 12.6 Å². The van der Waals surface area contributed by atoms with Crippen molar-refractivity contribution >= 4 is 0 Å². The maximum absolute atomic E-state index is 5.76. The molecule has 0 fully saturated rings. The Hall–Kier alpha value is -1.80. The fraction of sp³-hybridized carbons (Fsp3) is 0.368. The van der Waals surface area contributed by atoms with Crippen LogP contribution in [0.25, 0.3) is 0 Å². The average Bonchev–Trinajstić information content (AvgIpc) is 2.43. The first-order chi connectivity index (χ1) is 10.1. The van der Waals surface area contributed by atoms with Crippen molar-refractivity contribution < 1.29 is 4.74 Å². The fourth-order valence-corrected chi connectivity index (χ4v) is 2.57. The summed E-state index contributed by atoms with van der Waals surface area (Å²) in [5.74, 6) is 0.941. The molecule has 0 radical (unpaired) electrons. The van der Waals surface area contributed by atoms with E-state index in [0.717, 1.165) is 12.3 Å². The van der Waals surface area contributed by atoms with E-state index in [4.69, 9.17) is 4.74 Å². The molecule has 0 aliphatic carbocycles. The van der Waals surface area contributed by atoms with Crippen LogP contribution in [0.2, 0.25) is 0 Å². The van der Waals surface area contributed by atoms with Crippen molar-refractivity contribution in [3.63, 3.8) is 0 Å². The molecule has 1 atom stereocenters. The van der Waals surface area contributed by atoms with E-state index in [2.05, 4.69) is 63.3 Å². The predicted molar refractivity (Wildman–Crippen MR) is 89.0 cm³/mol. The Morgan fingerprint density at radius 1 is 1.00 bits per heavy atom. The number of rotatable bonds is 6. The molecular formula is C19H25NO. The van der Waals surface area contributed by atoms with E-state index in [1.54, 1.807) is 0 Å². The molecule has 0 bridgehead atoms. The highest BCUT2D eigenvalue weighted by Gasteiger charge is 2.07. The minimum Gasteiger partial charge on any atom is -0.492 e. The molecule has 0 aromatic heterocycles. The second-order valence-electron chi connectivity index (χ2n) is 5.70. The van der Waals surface area contributed by atoms with Gasteiger partial charge in [0.2, 0.25) is 0 Å². The number of aryl methyl sites for hydroxylation is 3. The number of hydrogen-bond acceptors (Lipinski definition) is 2. The molecule has 2 nitrogen and oxygen atoms in total. The topological polar surface area (TPSA) is 21.3 Å². The molecule has 2 rings (SSSR count). The molecule has 2 heteroatoms. The summed E-state index contributed by atoms with van der Waals surface area (Å²) < 4.78 is 5.76. The Kier molecular flexibility index (Phi) is 5.40. The van der Waals surface area contributed by atoms with Gasteiger partial charge in [-0.1, -0.05) is 35.9 Å². The monoisotopic (exact) mass is 283 g/mol. The van der Waals surface area contributed by atoms with E-state index >= 15 is 0 Å². The normalized spacial score (nSPS) is 12.2. The van der Waals surface area contributed by atoms with Crippen molar-refractivity contribution in [2.45, 2.75) is 33.7 Å². The zero-order valence-corrected chi connectivity index (χ0v) is 13.4. The smallest absolute Gasteiger partial charge is 0.119 e. The Morgan fingerprint density at radius 3 is 2.48 bits per heavy atom. The van der Waals surface area contributed by atoms with Gasteiger partial charge in [0.15, 0.2) is 0 Å². The molecule has 112 valence electrons. The molecule has 21 heavy (non-hydrogen) atoms. The van der Waals surface area contributed by atoms with Gasteiger partial charge in [0.25, 0.3) is 0 Å². The Balaban J connectivity index is 1.80. The third kappa shape index (κ3) is 4.61. The molecule has 0 amide bonds. The highest BCUT2D eigenvalue weighted by Crippen LogP contribution is 2.18. The average molecular weight is 283 g/mol. The third-order valence-corrected chi connectivity index (χ3v) is 3.70. The fourth-order valence-electron chi connectivity index (χ4n) is 2.57. The van der Waals surface area contributed by atoms with Crippen LogP contribution in [-0.4, -0.2) is 13.2 Å². The first-order valence-electron chi connectivity index (χ1n) is 7.56. The molecule has 0 heterocycles. The minimum absolute atomic E-state index is 0.340. The Labute approximate surface area is 128 Å². The third-order valence-electron chi connectivity index (χ3n) is 3.70. The zero-order chi connectivity index (χ0) is 15.2. The summed E-state index contributed by atoms with van der Waals surface area (Å²) in [5, 5.41) is 3.52. The summed E-state index contributed by atoms with van der Waals surface area (Å²) >= 11 is 0. The summed E-state index contributed by atoms with van der Waals surface area (Å²) in [6, 6.07) is 15.1. The highest BCUT2D eigenvalue weighted by atomic mass is 16.5. The summed E-state index contributed by atoms with van der Waals surface area (Å²) in [6.07, 6.45) is 0. The molecule has 0 spiro atoms. The number of hydrogen-bond donors (Lipinski definition) is 1. The van der Waals surface area contributed by atoms with Crippen LogP contribution >= 0.6 is 0 Å². The van der Waals surface area contributed by atoms with Crippen molar-refractivity contribution in [2.24, 2.45) is 0 Å². The van der Waals surface area contributed by atoms with Gasteiger partial charge in [-0.25, -0.2) is 0 Å². The summed E-state index contributed by atoms with van der Waals surface area (Å²) in [4.78, 5) is 0. The van der Waals surface area contributed by atoms with E-state index in [-0.39, 0.29) is 0 Å². The molecule has 0 aliphatic heterocycles. The van der Waals surface area contributed by atoms with E-state index < -0.39 is 0 Å². The molecule has 0 saturated heterocycles. The van der Waals surface area contributed by atoms with Crippen molar-refractivity contribution in [1.82, 2.24) is 5.32 Å². The Bertz CT molecular complexity index is 592. The largest absolute Gasteiger partial charge is 0.492 e. The maximum Gasteiger partial charge on any atom is 0.119 e. The van der Waals surface area contributed by atoms with Crippen LogP contribution in [-0.2, 0) is 0 Å². The van der Waals surface area contributed by atoms with Gasteiger partial charge < -0.3 is 10.1 Å². The molecule has 2 aromatic rings.